The molecule has 0 heterocycles. The van der Waals surface area contributed by atoms with E-state index in [1.54, 1.807) is 6.07 Å². The number of hydrogen-bond acceptors (Lipinski definition) is 2. The van der Waals surface area contributed by atoms with Gasteiger partial charge in [-0.15, -0.1) is 0 Å². The normalized spacial score (nSPS) is 13.7. The molecule has 0 radical (unpaired) electrons. The number of aryl methyl sites for hydroxylation is 2. The molecule has 2 nitrogen and oxygen atoms in total. The van der Waals surface area contributed by atoms with E-state index in [9.17, 15) is 4.79 Å². The molecule has 3 heteroatoms. The zero-order chi connectivity index (χ0) is 13.9. The Hall–Kier alpha value is -1.61. The number of hydrogen-bond donors (Lipinski definition) is 0. The molecule has 3 rings (SSSR count). The molecule has 0 amide bonds. The predicted octanol–water partition coefficient (Wildman–Crippen LogP) is 4.93. The molecule has 1 aliphatic carbocycles. The molecule has 0 fully saturated rings. The molecule has 0 atom stereocenters. The molecular formula is C17H15BrO2. The van der Waals surface area contributed by atoms with E-state index in [1.165, 1.54) is 24.0 Å². The lowest BCUT2D eigenvalue weighted by molar-refractivity contribution is 0.112. The van der Waals surface area contributed by atoms with Crippen LogP contribution in [-0.4, -0.2) is 6.29 Å². The summed E-state index contributed by atoms with van der Waals surface area (Å²) in [6.07, 6.45) is 5.61. The average Bonchev–Trinajstić information content (AvgIpc) is 2.47. The van der Waals surface area contributed by atoms with Crippen LogP contribution in [0, 0.1) is 0 Å². The topological polar surface area (TPSA) is 26.3 Å². The molecule has 2 aromatic carbocycles. The molecule has 0 aliphatic heterocycles. The molecule has 2 aromatic rings. The number of halogens is 1. The first kappa shape index (κ1) is 13.4. The van der Waals surface area contributed by atoms with Crippen LogP contribution in [0.25, 0.3) is 0 Å². The molecule has 0 N–H and O–H groups in total. The SMILES string of the molecule is O=Cc1ccc(Br)cc1Oc1ccc2c(c1)CCCC2. The van der Waals surface area contributed by atoms with E-state index in [4.69, 9.17) is 4.74 Å². The van der Waals surface area contributed by atoms with Crippen LogP contribution in [0.1, 0.15) is 34.3 Å². The zero-order valence-electron chi connectivity index (χ0n) is 11.1. The Kier molecular flexibility index (Phi) is 3.88. The Bertz CT molecular complexity index is 649. The first-order valence-electron chi connectivity index (χ1n) is 6.80. The summed E-state index contributed by atoms with van der Waals surface area (Å²) in [5.41, 5.74) is 3.36. The van der Waals surface area contributed by atoms with E-state index in [0.29, 0.717) is 11.3 Å². The smallest absolute Gasteiger partial charge is 0.153 e. The van der Waals surface area contributed by atoms with E-state index in [-0.39, 0.29) is 0 Å². The van der Waals surface area contributed by atoms with Crippen molar-refractivity contribution in [1.82, 2.24) is 0 Å². The maximum atomic E-state index is 11.1. The van der Waals surface area contributed by atoms with Crippen molar-refractivity contribution in [3.8, 4) is 11.5 Å². The Morgan fingerprint density at radius 3 is 2.60 bits per heavy atom. The van der Waals surface area contributed by atoms with Crippen LogP contribution in [0.2, 0.25) is 0 Å². The minimum absolute atomic E-state index is 0.561. The van der Waals surface area contributed by atoms with Crippen LogP contribution in [-0.2, 0) is 12.8 Å². The van der Waals surface area contributed by atoms with Crippen molar-refractivity contribution in [2.45, 2.75) is 25.7 Å². The Morgan fingerprint density at radius 1 is 1.00 bits per heavy atom. The Morgan fingerprint density at radius 2 is 1.80 bits per heavy atom. The second kappa shape index (κ2) is 5.80. The van der Waals surface area contributed by atoms with Crippen molar-refractivity contribution in [2.24, 2.45) is 0 Å². The third kappa shape index (κ3) is 2.78. The number of benzene rings is 2. The third-order valence-electron chi connectivity index (χ3n) is 3.65. The van der Waals surface area contributed by atoms with Gasteiger partial charge in [0.15, 0.2) is 6.29 Å². The van der Waals surface area contributed by atoms with Gasteiger partial charge in [0, 0.05) is 4.47 Å². The van der Waals surface area contributed by atoms with Crippen LogP contribution in [0.15, 0.2) is 40.9 Å². The lowest BCUT2D eigenvalue weighted by Gasteiger charge is -2.17. The van der Waals surface area contributed by atoms with Crippen molar-refractivity contribution in [2.75, 3.05) is 0 Å². The van der Waals surface area contributed by atoms with Crippen LogP contribution >= 0.6 is 15.9 Å². The number of rotatable bonds is 3. The summed E-state index contributed by atoms with van der Waals surface area (Å²) in [6.45, 7) is 0. The van der Waals surface area contributed by atoms with E-state index < -0.39 is 0 Å². The van der Waals surface area contributed by atoms with E-state index in [0.717, 1.165) is 29.4 Å². The zero-order valence-corrected chi connectivity index (χ0v) is 12.7. The molecule has 20 heavy (non-hydrogen) atoms. The van der Waals surface area contributed by atoms with Gasteiger partial charge in [0.05, 0.1) is 5.56 Å². The van der Waals surface area contributed by atoms with Gasteiger partial charge in [-0.3, -0.25) is 4.79 Å². The molecule has 102 valence electrons. The molecule has 0 unspecified atom stereocenters. The van der Waals surface area contributed by atoms with Gasteiger partial charge in [0.2, 0.25) is 0 Å². The number of aldehydes is 1. The van der Waals surface area contributed by atoms with Crippen molar-refractivity contribution in [3.63, 3.8) is 0 Å². The van der Waals surface area contributed by atoms with Gasteiger partial charge >= 0.3 is 0 Å². The lowest BCUT2D eigenvalue weighted by Crippen LogP contribution is -2.02. The molecule has 1 aliphatic rings. The summed E-state index contributed by atoms with van der Waals surface area (Å²) >= 11 is 3.40. The highest BCUT2D eigenvalue weighted by Gasteiger charge is 2.11. The highest BCUT2D eigenvalue weighted by molar-refractivity contribution is 9.10. The summed E-state index contributed by atoms with van der Waals surface area (Å²) in [5, 5.41) is 0. The van der Waals surface area contributed by atoms with Gasteiger partial charge in [-0.1, -0.05) is 22.0 Å². The summed E-state index contributed by atoms with van der Waals surface area (Å²) < 4.78 is 6.79. The fourth-order valence-electron chi connectivity index (χ4n) is 2.59. The first-order valence-corrected chi connectivity index (χ1v) is 7.60. The summed E-state index contributed by atoms with van der Waals surface area (Å²) in [7, 11) is 0. The fourth-order valence-corrected chi connectivity index (χ4v) is 2.93. The minimum Gasteiger partial charge on any atom is -0.457 e. The molecule has 0 saturated heterocycles. The van der Waals surface area contributed by atoms with Crippen molar-refractivity contribution < 1.29 is 9.53 Å². The van der Waals surface area contributed by atoms with Crippen LogP contribution in [0.5, 0.6) is 11.5 Å². The Balaban J connectivity index is 1.91. The summed E-state index contributed by atoms with van der Waals surface area (Å²) in [4.78, 5) is 11.1. The summed E-state index contributed by atoms with van der Waals surface area (Å²) in [6, 6.07) is 11.6. The van der Waals surface area contributed by atoms with Crippen LogP contribution in [0.4, 0.5) is 0 Å². The molecular weight excluding hydrogens is 316 g/mol. The van der Waals surface area contributed by atoms with Gasteiger partial charge < -0.3 is 4.74 Å². The molecule has 0 aromatic heterocycles. The number of carbonyl (C=O) groups excluding carboxylic acids is 1. The van der Waals surface area contributed by atoms with E-state index in [1.807, 2.05) is 18.2 Å². The van der Waals surface area contributed by atoms with Crippen molar-refractivity contribution in [3.05, 3.63) is 57.6 Å². The standard InChI is InChI=1S/C17H15BrO2/c18-15-7-5-14(11-19)17(10-15)20-16-8-6-12-3-1-2-4-13(12)9-16/h5-11H,1-4H2. The number of ether oxygens (including phenoxy) is 1. The van der Waals surface area contributed by atoms with Crippen molar-refractivity contribution >= 4 is 22.2 Å². The van der Waals surface area contributed by atoms with Crippen molar-refractivity contribution in [1.29, 1.82) is 0 Å². The predicted molar refractivity (Wildman–Crippen MR) is 82.7 cm³/mol. The second-order valence-corrected chi connectivity index (χ2v) is 5.96. The van der Waals surface area contributed by atoms with E-state index in [2.05, 4.69) is 28.1 Å². The highest BCUT2D eigenvalue weighted by Crippen LogP contribution is 2.31. The molecule has 0 saturated carbocycles. The third-order valence-corrected chi connectivity index (χ3v) is 4.14. The average molecular weight is 331 g/mol. The van der Waals surface area contributed by atoms with E-state index >= 15 is 0 Å². The molecule has 0 spiro atoms. The lowest BCUT2D eigenvalue weighted by atomic mass is 9.92. The van der Waals surface area contributed by atoms with Crippen LogP contribution < -0.4 is 4.74 Å². The maximum Gasteiger partial charge on any atom is 0.153 e. The summed E-state index contributed by atoms with van der Waals surface area (Å²) in [5.74, 6) is 1.39. The van der Waals surface area contributed by atoms with Crippen LogP contribution in [0.3, 0.4) is 0 Å². The van der Waals surface area contributed by atoms with Gasteiger partial charge in [0.1, 0.15) is 11.5 Å². The van der Waals surface area contributed by atoms with Gasteiger partial charge in [0.25, 0.3) is 0 Å². The fraction of sp³-hybridized carbons (Fsp3) is 0.235. The minimum atomic E-state index is 0.561. The highest BCUT2D eigenvalue weighted by atomic mass is 79.9. The first-order chi connectivity index (χ1) is 9.76. The quantitative estimate of drug-likeness (QED) is 0.745. The van der Waals surface area contributed by atoms with Gasteiger partial charge in [-0.25, -0.2) is 0 Å². The van der Waals surface area contributed by atoms with Gasteiger partial charge in [-0.2, -0.15) is 0 Å². The number of carbonyl (C=O) groups is 1. The number of fused-ring (bicyclic) bond motifs is 1. The Labute approximate surface area is 126 Å². The molecule has 0 bridgehead atoms. The largest absolute Gasteiger partial charge is 0.457 e. The second-order valence-electron chi connectivity index (χ2n) is 5.04. The maximum absolute atomic E-state index is 11.1. The van der Waals surface area contributed by atoms with Gasteiger partial charge in [-0.05, 0) is 67.1 Å². The monoisotopic (exact) mass is 330 g/mol.